The minimum atomic E-state index is 0.634. The van der Waals surface area contributed by atoms with E-state index >= 15 is 0 Å². The molecule has 3 heteroatoms. The molecule has 0 spiro atoms. The molecule has 2 unspecified atom stereocenters. The van der Waals surface area contributed by atoms with Crippen molar-refractivity contribution in [2.75, 3.05) is 32.8 Å². The molecule has 0 bridgehead atoms. The Balaban J connectivity index is 2.47. The van der Waals surface area contributed by atoms with Crippen LogP contribution in [0.4, 0.5) is 0 Å². The lowest BCUT2D eigenvalue weighted by Crippen LogP contribution is -2.48. The number of hydrogen-bond acceptors (Lipinski definition) is 3. The van der Waals surface area contributed by atoms with Gasteiger partial charge >= 0.3 is 0 Å². The predicted molar refractivity (Wildman–Crippen MR) is 68.8 cm³/mol. The fraction of sp³-hybridized carbons (Fsp3) is 1.00. The molecule has 1 saturated heterocycles. The minimum absolute atomic E-state index is 0.634. The minimum Gasteiger partial charge on any atom is -0.381 e. The maximum Gasteiger partial charge on any atom is 0.0521 e. The zero-order chi connectivity index (χ0) is 12.0. The first-order valence-electron chi connectivity index (χ1n) is 6.74. The van der Waals surface area contributed by atoms with Gasteiger partial charge in [-0.2, -0.15) is 0 Å². The van der Waals surface area contributed by atoms with Crippen molar-refractivity contribution in [2.45, 2.75) is 46.2 Å². The molecule has 0 saturated carbocycles. The summed E-state index contributed by atoms with van der Waals surface area (Å²) < 4.78 is 5.62. The van der Waals surface area contributed by atoms with Crippen molar-refractivity contribution in [1.82, 2.24) is 10.2 Å². The molecule has 16 heavy (non-hydrogen) atoms. The van der Waals surface area contributed by atoms with Gasteiger partial charge in [-0.3, -0.25) is 0 Å². The van der Waals surface area contributed by atoms with E-state index < -0.39 is 0 Å². The second-order valence-electron chi connectivity index (χ2n) is 4.97. The molecule has 0 aromatic heterocycles. The molecule has 1 aliphatic rings. The molecular weight excluding hydrogens is 200 g/mol. The Morgan fingerprint density at radius 2 is 2.12 bits per heavy atom. The van der Waals surface area contributed by atoms with E-state index in [4.69, 9.17) is 4.74 Å². The lowest BCUT2D eigenvalue weighted by molar-refractivity contribution is 0.0135. The van der Waals surface area contributed by atoms with Gasteiger partial charge in [-0.25, -0.2) is 0 Å². The van der Waals surface area contributed by atoms with Crippen LogP contribution in [0.25, 0.3) is 0 Å². The van der Waals surface area contributed by atoms with Gasteiger partial charge < -0.3 is 15.0 Å². The summed E-state index contributed by atoms with van der Waals surface area (Å²) in [6, 6.07) is 1.28. The van der Waals surface area contributed by atoms with Crippen LogP contribution in [0.1, 0.15) is 34.1 Å². The van der Waals surface area contributed by atoms with Crippen LogP contribution in [0, 0.1) is 5.92 Å². The second-order valence-corrected chi connectivity index (χ2v) is 4.97. The number of hydrogen-bond donors (Lipinski definition) is 1. The standard InChI is InChI=1S/C13H28N2O/c1-5-14-13-7-8-16-10-12(13)9-15(6-2)11(3)4/h11-14H,5-10H2,1-4H3. The molecule has 0 radical (unpaired) electrons. The van der Waals surface area contributed by atoms with Gasteiger partial charge in [0.15, 0.2) is 0 Å². The molecule has 0 aliphatic carbocycles. The van der Waals surface area contributed by atoms with Gasteiger partial charge in [0, 0.05) is 31.2 Å². The van der Waals surface area contributed by atoms with Crippen molar-refractivity contribution in [3.63, 3.8) is 0 Å². The molecule has 3 nitrogen and oxygen atoms in total. The number of nitrogens with zero attached hydrogens (tertiary/aromatic N) is 1. The van der Waals surface area contributed by atoms with Crippen LogP contribution in [0.15, 0.2) is 0 Å². The van der Waals surface area contributed by atoms with E-state index in [9.17, 15) is 0 Å². The highest BCUT2D eigenvalue weighted by Crippen LogP contribution is 2.17. The Morgan fingerprint density at radius 1 is 1.38 bits per heavy atom. The summed E-state index contributed by atoms with van der Waals surface area (Å²) in [6.45, 7) is 14.2. The highest BCUT2D eigenvalue weighted by Gasteiger charge is 2.27. The first-order valence-corrected chi connectivity index (χ1v) is 6.74. The monoisotopic (exact) mass is 228 g/mol. The molecule has 1 heterocycles. The highest BCUT2D eigenvalue weighted by atomic mass is 16.5. The van der Waals surface area contributed by atoms with Crippen molar-refractivity contribution in [1.29, 1.82) is 0 Å². The molecule has 1 aliphatic heterocycles. The fourth-order valence-corrected chi connectivity index (χ4v) is 2.51. The first-order chi connectivity index (χ1) is 7.69. The van der Waals surface area contributed by atoms with Crippen molar-refractivity contribution < 1.29 is 4.74 Å². The van der Waals surface area contributed by atoms with Gasteiger partial charge in [0.2, 0.25) is 0 Å². The molecule has 0 amide bonds. The van der Waals surface area contributed by atoms with Gasteiger partial charge in [0.05, 0.1) is 6.61 Å². The van der Waals surface area contributed by atoms with Crippen molar-refractivity contribution >= 4 is 0 Å². The van der Waals surface area contributed by atoms with E-state index in [2.05, 4.69) is 37.9 Å². The van der Waals surface area contributed by atoms with Crippen LogP contribution in [0.2, 0.25) is 0 Å². The van der Waals surface area contributed by atoms with Gasteiger partial charge in [0.25, 0.3) is 0 Å². The molecule has 0 aromatic carbocycles. The summed E-state index contributed by atoms with van der Waals surface area (Å²) >= 11 is 0. The molecule has 1 N–H and O–H groups in total. The van der Waals surface area contributed by atoms with Crippen molar-refractivity contribution in [3.05, 3.63) is 0 Å². The predicted octanol–water partition coefficient (Wildman–Crippen LogP) is 1.73. The van der Waals surface area contributed by atoms with E-state index in [-0.39, 0.29) is 0 Å². The Bertz CT molecular complexity index is 183. The average Bonchev–Trinajstić information content (AvgIpc) is 2.27. The lowest BCUT2D eigenvalue weighted by atomic mass is 9.94. The third-order valence-corrected chi connectivity index (χ3v) is 3.55. The highest BCUT2D eigenvalue weighted by molar-refractivity contribution is 4.82. The maximum absolute atomic E-state index is 5.62. The van der Waals surface area contributed by atoms with Crippen LogP contribution >= 0.6 is 0 Å². The van der Waals surface area contributed by atoms with Crippen LogP contribution in [-0.4, -0.2) is 49.8 Å². The van der Waals surface area contributed by atoms with Gasteiger partial charge in [0.1, 0.15) is 0 Å². The molecule has 2 atom stereocenters. The van der Waals surface area contributed by atoms with Gasteiger partial charge in [-0.05, 0) is 33.4 Å². The summed E-state index contributed by atoms with van der Waals surface area (Å²) in [6.07, 6.45) is 1.16. The van der Waals surface area contributed by atoms with Crippen LogP contribution in [0.5, 0.6) is 0 Å². The van der Waals surface area contributed by atoms with E-state index in [0.29, 0.717) is 18.0 Å². The third-order valence-electron chi connectivity index (χ3n) is 3.55. The van der Waals surface area contributed by atoms with Gasteiger partial charge in [-0.1, -0.05) is 13.8 Å². The zero-order valence-electron chi connectivity index (χ0n) is 11.3. The van der Waals surface area contributed by atoms with E-state index in [1.165, 1.54) is 0 Å². The molecule has 96 valence electrons. The quantitative estimate of drug-likeness (QED) is 0.749. The Labute approximate surface area is 101 Å². The summed E-state index contributed by atoms with van der Waals surface area (Å²) in [5.74, 6) is 0.649. The Kier molecular flexibility index (Phi) is 6.32. The Hall–Kier alpha value is -0.120. The molecule has 0 aromatic rings. The van der Waals surface area contributed by atoms with E-state index in [1.807, 2.05) is 0 Å². The summed E-state index contributed by atoms with van der Waals surface area (Å²) in [5, 5.41) is 3.60. The normalized spacial score (nSPS) is 26.6. The number of rotatable bonds is 6. The average molecular weight is 228 g/mol. The second kappa shape index (κ2) is 7.25. The largest absolute Gasteiger partial charge is 0.381 e. The summed E-state index contributed by atoms with van der Waals surface area (Å²) in [5.41, 5.74) is 0. The van der Waals surface area contributed by atoms with Crippen molar-refractivity contribution in [2.24, 2.45) is 5.92 Å². The third kappa shape index (κ3) is 4.04. The van der Waals surface area contributed by atoms with Crippen LogP contribution in [0.3, 0.4) is 0 Å². The number of nitrogens with one attached hydrogen (secondary N) is 1. The number of ether oxygens (including phenoxy) is 1. The molecule has 1 fully saturated rings. The van der Waals surface area contributed by atoms with E-state index in [1.54, 1.807) is 0 Å². The summed E-state index contributed by atoms with van der Waals surface area (Å²) in [4.78, 5) is 2.53. The zero-order valence-corrected chi connectivity index (χ0v) is 11.3. The Morgan fingerprint density at radius 3 is 2.69 bits per heavy atom. The van der Waals surface area contributed by atoms with Crippen LogP contribution < -0.4 is 5.32 Å². The fourth-order valence-electron chi connectivity index (χ4n) is 2.51. The van der Waals surface area contributed by atoms with E-state index in [0.717, 1.165) is 39.3 Å². The lowest BCUT2D eigenvalue weighted by Gasteiger charge is -2.37. The summed E-state index contributed by atoms with van der Waals surface area (Å²) in [7, 11) is 0. The first kappa shape index (κ1) is 13.9. The van der Waals surface area contributed by atoms with Gasteiger partial charge in [-0.15, -0.1) is 0 Å². The van der Waals surface area contributed by atoms with Crippen molar-refractivity contribution in [3.8, 4) is 0 Å². The topological polar surface area (TPSA) is 24.5 Å². The maximum atomic E-state index is 5.62. The van der Waals surface area contributed by atoms with Crippen LogP contribution in [-0.2, 0) is 4.74 Å². The smallest absolute Gasteiger partial charge is 0.0521 e. The molecular formula is C13H28N2O. The molecule has 1 rings (SSSR count). The SMILES string of the molecule is CCNC1CCOCC1CN(CC)C(C)C.